The average molecular weight is 479 g/mol. The molecule has 0 aliphatic heterocycles. The maximum Gasteiger partial charge on any atom is 0.257 e. The zero-order chi connectivity index (χ0) is 22.8. The predicted molar refractivity (Wildman–Crippen MR) is 132 cm³/mol. The van der Waals surface area contributed by atoms with Crippen molar-refractivity contribution in [3.8, 4) is 0 Å². The van der Waals surface area contributed by atoms with Crippen LogP contribution in [0.1, 0.15) is 45.3 Å². The molecule has 33 heavy (non-hydrogen) atoms. The molecule has 1 atom stereocenters. The van der Waals surface area contributed by atoms with Gasteiger partial charge in [0.15, 0.2) is 5.13 Å². The van der Waals surface area contributed by atoms with Crippen LogP contribution in [0.2, 0.25) is 5.02 Å². The van der Waals surface area contributed by atoms with E-state index in [1.165, 1.54) is 22.3 Å². The van der Waals surface area contributed by atoms with Gasteiger partial charge in [0, 0.05) is 39.1 Å². The number of nitrogens with zero attached hydrogens (tertiary/aromatic N) is 1. The Morgan fingerprint density at radius 2 is 1.97 bits per heavy atom. The number of para-hydroxylation sites is 1. The number of halogens is 1. The number of benzene rings is 2. The molecule has 2 heterocycles. The highest BCUT2D eigenvalue weighted by Gasteiger charge is 2.30. The Bertz CT molecular complexity index is 1310. The van der Waals surface area contributed by atoms with Crippen molar-refractivity contribution in [2.24, 2.45) is 0 Å². The fourth-order valence-electron chi connectivity index (χ4n) is 4.28. The maximum atomic E-state index is 13.0. The first-order valence-electron chi connectivity index (χ1n) is 11.0. The number of rotatable bonds is 6. The summed E-state index contributed by atoms with van der Waals surface area (Å²) >= 11 is 7.35. The second-order valence-electron chi connectivity index (χ2n) is 8.13. The summed E-state index contributed by atoms with van der Waals surface area (Å²) in [5.41, 5.74) is 3.60. The van der Waals surface area contributed by atoms with Crippen LogP contribution in [0.3, 0.4) is 0 Å². The van der Waals surface area contributed by atoms with E-state index >= 15 is 0 Å². The summed E-state index contributed by atoms with van der Waals surface area (Å²) in [6.07, 6.45) is 5.34. The summed E-state index contributed by atoms with van der Waals surface area (Å²) in [7, 11) is 0. The maximum absolute atomic E-state index is 13.0. The fourth-order valence-corrected chi connectivity index (χ4v) is 5.47. The molecule has 8 heteroatoms. The second kappa shape index (κ2) is 9.37. The number of hydrogen-bond donors (Lipinski definition) is 3. The lowest BCUT2D eigenvalue weighted by atomic mass is 9.90. The predicted octanol–water partition coefficient (Wildman–Crippen LogP) is 5.31. The number of amides is 2. The highest BCUT2D eigenvalue weighted by Crippen LogP contribution is 2.37. The highest BCUT2D eigenvalue weighted by atomic mass is 35.5. The van der Waals surface area contributed by atoms with Crippen LogP contribution in [0.25, 0.3) is 10.9 Å². The van der Waals surface area contributed by atoms with Crippen molar-refractivity contribution in [1.29, 1.82) is 0 Å². The number of carbonyl (C=O) groups is 2. The van der Waals surface area contributed by atoms with Crippen molar-refractivity contribution >= 4 is 50.8 Å². The third kappa shape index (κ3) is 4.65. The monoisotopic (exact) mass is 478 g/mol. The van der Waals surface area contributed by atoms with Crippen LogP contribution in [-0.4, -0.2) is 28.3 Å². The van der Waals surface area contributed by atoms with E-state index in [4.69, 9.17) is 11.6 Å². The number of H-pyrrole nitrogens is 1. The molecule has 1 aliphatic rings. The Morgan fingerprint density at radius 3 is 2.82 bits per heavy atom. The minimum atomic E-state index is -0.283. The molecule has 0 saturated heterocycles. The van der Waals surface area contributed by atoms with Crippen molar-refractivity contribution in [3.63, 3.8) is 0 Å². The van der Waals surface area contributed by atoms with Crippen LogP contribution < -0.4 is 10.6 Å². The first-order chi connectivity index (χ1) is 16.1. The largest absolute Gasteiger partial charge is 0.361 e. The standard InChI is InChI=1S/C25H23ClN4O2S/c26-17-10-8-15(9-11-17)23(31)30-25-29-22-19(5-3-7-21(22)33-25)24(32)27-13-12-16-14-28-20-6-2-1-4-18(16)20/h1-2,4,6,8-11,14,19,28H,3,5,7,12-13H2,(H,27,32)(H,29,30,31). The van der Waals surface area contributed by atoms with E-state index in [2.05, 4.69) is 26.7 Å². The van der Waals surface area contributed by atoms with Gasteiger partial charge < -0.3 is 10.3 Å². The van der Waals surface area contributed by atoms with Gasteiger partial charge in [-0.05, 0) is 61.6 Å². The van der Waals surface area contributed by atoms with Crippen molar-refractivity contribution in [2.75, 3.05) is 11.9 Å². The molecule has 5 rings (SSSR count). The zero-order valence-corrected chi connectivity index (χ0v) is 19.4. The van der Waals surface area contributed by atoms with E-state index < -0.39 is 0 Å². The molecule has 0 spiro atoms. The molecule has 1 aliphatic carbocycles. The average Bonchev–Trinajstić information content (AvgIpc) is 3.43. The lowest BCUT2D eigenvalue weighted by Gasteiger charge is -2.20. The number of aromatic nitrogens is 2. The van der Waals surface area contributed by atoms with E-state index in [9.17, 15) is 9.59 Å². The molecule has 2 amide bonds. The quantitative estimate of drug-likeness (QED) is 0.351. The molecular weight excluding hydrogens is 456 g/mol. The first-order valence-corrected chi connectivity index (χ1v) is 12.2. The lowest BCUT2D eigenvalue weighted by molar-refractivity contribution is -0.122. The van der Waals surface area contributed by atoms with Crippen molar-refractivity contribution in [3.05, 3.63) is 81.4 Å². The fraction of sp³-hybridized carbons (Fsp3) is 0.240. The third-order valence-corrected chi connectivity index (χ3v) is 7.26. The van der Waals surface area contributed by atoms with Gasteiger partial charge in [0.1, 0.15) is 0 Å². The van der Waals surface area contributed by atoms with Crippen molar-refractivity contribution < 1.29 is 9.59 Å². The van der Waals surface area contributed by atoms with Gasteiger partial charge in [0.05, 0.1) is 11.6 Å². The summed E-state index contributed by atoms with van der Waals surface area (Å²) in [5, 5.41) is 8.24. The molecule has 2 aromatic carbocycles. The van der Waals surface area contributed by atoms with Gasteiger partial charge in [-0.25, -0.2) is 4.98 Å². The second-order valence-corrected chi connectivity index (χ2v) is 9.65. The number of aromatic amines is 1. The Balaban J connectivity index is 1.23. The van der Waals surface area contributed by atoms with Crippen LogP contribution in [-0.2, 0) is 17.6 Å². The number of aryl methyl sites for hydroxylation is 1. The van der Waals surface area contributed by atoms with Gasteiger partial charge in [0.25, 0.3) is 5.91 Å². The van der Waals surface area contributed by atoms with Gasteiger partial charge in [-0.1, -0.05) is 29.8 Å². The number of nitrogens with one attached hydrogen (secondary N) is 3. The summed E-state index contributed by atoms with van der Waals surface area (Å²) in [4.78, 5) is 34.5. The zero-order valence-electron chi connectivity index (χ0n) is 17.9. The van der Waals surface area contributed by atoms with Crippen molar-refractivity contribution in [1.82, 2.24) is 15.3 Å². The summed E-state index contributed by atoms with van der Waals surface area (Å²) in [6, 6.07) is 14.9. The Kier molecular flexibility index (Phi) is 6.15. The molecule has 1 unspecified atom stereocenters. The minimum Gasteiger partial charge on any atom is -0.361 e. The molecule has 0 bridgehead atoms. The van der Waals surface area contributed by atoms with Crippen LogP contribution in [0.15, 0.2) is 54.7 Å². The van der Waals surface area contributed by atoms with Crippen LogP contribution >= 0.6 is 22.9 Å². The van der Waals surface area contributed by atoms with Gasteiger partial charge in [-0.2, -0.15) is 0 Å². The molecular formula is C25H23ClN4O2S. The van der Waals surface area contributed by atoms with Crippen molar-refractivity contribution in [2.45, 2.75) is 31.6 Å². The third-order valence-electron chi connectivity index (χ3n) is 5.97. The molecule has 3 N–H and O–H groups in total. The van der Waals surface area contributed by atoms with Gasteiger partial charge in [0.2, 0.25) is 5.91 Å². The molecule has 0 radical (unpaired) electrons. The topological polar surface area (TPSA) is 86.9 Å². The summed E-state index contributed by atoms with van der Waals surface area (Å²) in [6.45, 7) is 0.566. The lowest BCUT2D eigenvalue weighted by Crippen LogP contribution is -2.32. The number of anilines is 1. The number of hydrogen-bond acceptors (Lipinski definition) is 4. The molecule has 168 valence electrons. The van der Waals surface area contributed by atoms with E-state index in [1.54, 1.807) is 24.3 Å². The van der Waals surface area contributed by atoms with E-state index in [1.807, 2.05) is 24.4 Å². The van der Waals surface area contributed by atoms with Gasteiger partial charge >= 0.3 is 0 Å². The van der Waals surface area contributed by atoms with Crippen LogP contribution in [0, 0.1) is 0 Å². The van der Waals surface area contributed by atoms with Gasteiger partial charge in [-0.15, -0.1) is 11.3 Å². The summed E-state index contributed by atoms with van der Waals surface area (Å²) < 4.78 is 0. The van der Waals surface area contributed by atoms with E-state index in [0.29, 0.717) is 22.3 Å². The molecule has 6 nitrogen and oxygen atoms in total. The molecule has 4 aromatic rings. The van der Waals surface area contributed by atoms with E-state index in [0.717, 1.165) is 41.8 Å². The molecule has 2 aromatic heterocycles. The van der Waals surface area contributed by atoms with Gasteiger partial charge in [-0.3, -0.25) is 14.9 Å². The first kappa shape index (κ1) is 21.7. The Morgan fingerprint density at radius 1 is 1.15 bits per heavy atom. The van der Waals surface area contributed by atoms with Crippen LogP contribution in [0.4, 0.5) is 5.13 Å². The minimum absolute atomic E-state index is 0.00308. The number of fused-ring (bicyclic) bond motifs is 2. The summed E-state index contributed by atoms with van der Waals surface area (Å²) in [5.74, 6) is -0.525. The smallest absolute Gasteiger partial charge is 0.257 e. The normalized spacial score (nSPS) is 15.2. The number of carbonyl (C=O) groups excluding carboxylic acids is 2. The van der Waals surface area contributed by atoms with Crippen LogP contribution in [0.5, 0.6) is 0 Å². The molecule has 0 saturated carbocycles. The Labute approximate surface area is 200 Å². The Hall–Kier alpha value is -3.16. The SMILES string of the molecule is O=C(Nc1nc2c(s1)CCCC2C(=O)NCCc1c[nH]c2ccccc12)c1ccc(Cl)cc1. The highest BCUT2D eigenvalue weighted by molar-refractivity contribution is 7.16. The number of thiazole rings is 1. The molecule has 0 fully saturated rings. The van der Waals surface area contributed by atoms with E-state index in [-0.39, 0.29) is 17.7 Å².